The van der Waals surface area contributed by atoms with Crippen molar-refractivity contribution in [3.8, 4) is 0 Å². The molecule has 1 heterocycles. The van der Waals surface area contributed by atoms with E-state index in [2.05, 4.69) is 60.7 Å². The molecule has 0 fully saturated rings. The zero-order valence-electron chi connectivity index (χ0n) is 16.8. The van der Waals surface area contributed by atoms with Gasteiger partial charge in [0.15, 0.2) is 5.96 Å². The molecular weight excluding hydrogens is 451 g/mol. The van der Waals surface area contributed by atoms with Crippen LogP contribution in [0.15, 0.2) is 29.3 Å². The first kappa shape index (κ1) is 23.8. The number of H-pyrrole nitrogens is 1. The van der Waals surface area contributed by atoms with Crippen molar-refractivity contribution in [3.63, 3.8) is 0 Å². The van der Waals surface area contributed by atoms with Crippen molar-refractivity contribution in [3.05, 3.63) is 35.5 Å². The Morgan fingerprint density at radius 3 is 2.67 bits per heavy atom. The third kappa shape index (κ3) is 7.33. The van der Waals surface area contributed by atoms with Gasteiger partial charge in [0, 0.05) is 42.8 Å². The van der Waals surface area contributed by atoms with Crippen LogP contribution in [-0.4, -0.2) is 42.3 Å². The molecule has 0 saturated carbocycles. The van der Waals surface area contributed by atoms with E-state index in [9.17, 15) is 5.11 Å². The number of guanidine groups is 1. The molecule has 1 aromatic heterocycles. The molecule has 1 aromatic carbocycles. The zero-order chi connectivity index (χ0) is 18.8. The third-order valence-corrected chi connectivity index (χ3v) is 4.78. The van der Waals surface area contributed by atoms with Crippen molar-refractivity contribution in [2.45, 2.75) is 46.5 Å². The Labute approximate surface area is 180 Å². The van der Waals surface area contributed by atoms with E-state index in [0.717, 1.165) is 51.3 Å². The van der Waals surface area contributed by atoms with E-state index < -0.39 is 0 Å². The van der Waals surface area contributed by atoms with E-state index in [4.69, 9.17) is 4.99 Å². The standard InChI is InChI=1S/C21H34N4O.HI/c1-4-8-17(12-14-26)15-24-21(22-5-2)23-13-11-18-16(3)25-20-10-7-6-9-19(18)20;/h6-7,9-10,17,25-26H,4-5,8,11-15H2,1-3H3,(H2,22,23,24);1H. The van der Waals surface area contributed by atoms with Gasteiger partial charge in [0.2, 0.25) is 0 Å². The lowest BCUT2D eigenvalue weighted by Gasteiger charge is -2.15. The van der Waals surface area contributed by atoms with Gasteiger partial charge in [-0.15, -0.1) is 24.0 Å². The number of aromatic amines is 1. The lowest BCUT2D eigenvalue weighted by Crippen LogP contribution is -2.38. The van der Waals surface area contributed by atoms with Crippen molar-refractivity contribution in [1.82, 2.24) is 15.6 Å². The van der Waals surface area contributed by atoms with Crippen LogP contribution in [0.25, 0.3) is 10.9 Å². The summed E-state index contributed by atoms with van der Waals surface area (Å²) >= 11 is 0. The zero-order valence-corrected chi connectivity index (χ0v) is 19.2. The molecule has 152 valence electrons. The Morgan fingerprint density at radius 2 is 1.96 bits per heavy atom. The molecule has 1 unspecified atom stereocenters. The maximum absolute atomic E-state index is 9.21. The molecule has 6 heteroatoms. The summed E-state index contributed by atoms with van der Waals surface area (Å²) in [6.45, 7) is 9.08. The average molecular weight is 486 g/mol. The highest BCUT2D eigenvalue weighted by molar-refractivity contribution is 14.0. The fraction of sp³-hybridized carbons (Fsp3) is 0.571. The van der Waals surface area contributed by atoms with Crippen LogP contribution < -0.4 is 10.6 Å². The maximum Gasteiger partial charge on any atom is 0.191 e. The second-order valence-electron chi connectivity index (χ2n) is 6.84. The summed E-state index contributed by atoms with van der Waals surface area (Å²) in [4.78, 5) is 8.19. The Morgan fingerprint density at radius 1 is 1.19 bits per heavy atom. The third-order valence-electron chi connectivity index (χ3n) is 4.78. The van der Waals surface area contributed by atoms with E-state index in [1.165, 1.54) is 22.2 Å². The smallest absolute Gasteiger partial charge is 0.191 e. The minimum Gasteiger partial charge on any atom is -0.396 e. The van der Waals surface area contributed by atoms with E-state index in [0.29, 0.717) is 5.92 Å². The number of aliphatic imine (C=N–C) groups is 1. The summed E-state index contributed by atoms with van der Waals surface area (Å²) in [7, 11) is 0. The number of nitrogens with zero attached hydrogens (tertiary/aromatic N) is 1. The highest BCUT2D eigenvalue weighted by Gasteiger charge is 2.09. The molecule has 0 spiro atoms. The van der Waals surface area contributed by atoms with E-state index in [-0.39, 0.29) is 30.6 Å². The van der Waals surface area contributed by atoms with Gasteiger partial charge in [-0.25, -0.2) is 0 Å². The monoisotopic (exact) mass is 486 g/mol. The van der Waals surface area contributed by atoms with Gasteiger partial charge in [-0.05, 0) is 50.7 Å². The number of halogens is 1. The van der Waals surface area contributed by atoms with Gasteiger partial charge in [-0.1, -0.05) is 31.5 Å². The Balaban J connectivity index is 0.00000364. The second kappa shape index (κ2) is 13.0. The average Bonchev–Trinajstić information content (AvgIpc) is 2.95. The van der Waals surface area contributed by atoms with Crippen molar-refractivity contribution in [1.29, 1.82) is 0 Å². The van der Waals surface area contributed by atoms with Gasteiger partial charge in [-0.2, -0.15) is 0 Å². The number of benzene rings is 1. The van der Waals surface area contributed by atoms with Crippen LogP contribution in [0.2, 0.25) is 0 Å². The number of hydrogen-bond acceptors (Lipinski definition) is 2. The van der Waals surface area contributed by atoms with Crippen LogP contribution in [0.3, 0.4) is 0 Å². The van der Waals surface area contributed by atoms with E-state index >= 15 is 0 Å². The SMILES string of the molecule is CCCC(CCO)CN=C(NCC)NCCc1c(C)[nH]c2ccccc12.I. The minimum atomic E-state index is 0. The van der Waals surface area contributed by atoms with E-state index in [1.807, 2.05) is 0 Å². The summed E-state index contributed by atoms with van der Waals surface area (Å²) in [5.41, 5.74) is 3.81. The number of aliphatic hydroxyl groups is 1. The first-order chi connectivity index (χ1) is 12.7. The summed E-state index contributed by atoms with van der Waals surface area (Å²) in [5, 5.41) is 17.3. The lowest BCUT2D eigenvalue weighted by atomic mass is 10.0. The van der Waals surface area contributed by atoms with Crippen molar-refractivity contribution in [2.24, 2.45) is 10.9 Å². The first-order valence-corrected chi connectivity index (χ1v) is 9.88. The van der Waals surface area contributed by atoms with E-state index in [1.54, 1.807) is 0 Å². The predicted octanol–water partition coefficient (Wildman–Crippen LogP) is 3.99. The fourth-order valence-electron chi connectivity index (χ4n) is 3.44. The molecule has 27 heavy (non-hydrogen) atoms. The number of nitrogens with one attached hydrogen (secondary N) is 3. The molecular formula is C21H35IN4O. The van der Waals surface area contributed by atoms with Crippen LogP contribution in [0.4, 0.5) is 0 Å². The Bertz CT molecular complexity index is 693. The van der Waals surface area contributed by atoms with Gasteiger partial charge < -0.3 is 20.7 Å². The first-order valence-electron chi connectivity index (χ1n) is 9.88. The van der Waals surface area contributed by atoms with Crippen LogP contribution in [-0.2, 0) is 6.42 Å². The molecule has 2 rings (SSSR count). The number of rotatable bonds is 10. The van der Waals surface area contributed by atoms with Crippen LogP contribution in [0, 0.1) is 12.8 Å². The number of para-hydroxylation sites is 1. The van der Waals surface area contributed by atoms with Gasteiger partial charge in [0.1, 0.15) is 0 Å². The number of aryl methyl sites for hydroxylation is 1. The molecule has 0 amide bonds. The maximum atomic E-state index is 9.21. The van der Waals surface area contributed by atoms with Crippen molar-refractivity contribution < 1.29 is 5.11 Å². The summed E-state index contributed by atoms with van der Waals surface area (Å²) in [6.07, 6.45) is 4.02. The largest absolute Gasteiger partial charge is 0.396 e. The molecule has 2 aromatic rings. The molecule has 0 bridgehead atoms. The number of hydrogen-bond donors (Lipinski definition) is 4. The van der Waals surface area contributed by atoms with Gasteiger partial charge in [-0.3, -0.25) is 4.99 Å². The van der Waals surface area contributed by atoms with Gasteiger partial charge in [0.25, 0.3) is 0 Å². The topological polar surface area (TPSA) is 72.4 Å². The molecule has 0 aliphatic carbocycles. The second-order valence-corrected chi connectivity index (χ2v) is 6.84. The normalized spacial score (nSPS) is 12.7. The van der Waals surface area contributed by atoms with Crippen molar-refractivity contribution >= 4 is 40.8 Å². The van der Waals surface area contributed by atoms with Crippen LogP contribution in [0.5, 0.6) is 0 Å². The Kier molecular flexibility index (Phi) is 11.4. The fourth-order valence-corrected chi connectivity index (χ4v) is 3.44. The highest BCUT2D eigenvalue weighted by Crippen LogP contribution is 2.21. The van der Waals surface area contributed by atoms with Crippen LogP contribution >= 0.6 is 24.0 Å². The molecule has 0 aliphatic heterocycles. The van der Waals surface area contributed by atoms with Crippen molar-refractivity contribution in [2.75, 3.05) is 26.2 Å². The minimum absolute atomic E-state index is 0. The molecule has 0 aliphatic rings. The molecule has 0 saturated heterocycles. The lowest BCUT2D eigenvalue weighted by molar-refractivity contribution is 0.253. The van der Waals surface area contributed by atoms with Gasteiger partial charge >= 0.3 is 0 Å². The predicted molar refractivity (Wildman–Crippen MR) is 126 cm³/mol. The Hall–Kier alpha value is -1.28. The summed E-state index contributed by atoms with van der Waals surface area (Å²) in [5.74, 6) is 1.32. The molecule has 4 N–H and O–H groups in total. The van der Waals surface area contributed by atoms with Crippen LogP contribution in [0.1, 0.15) is 44.4 Å². The number of aliphatic hydroxyl groups excluding tert-OH is 1. The highest BCUT2D eigenvalue weighted by atomic mass is 127. The summed E-state index contributed by atoms with van der Waals surface area (Å²) in [6, 6.07) is 8.46. The van der Waals surface area contributed by atoms with Gasteiger partial charge in [0.05, 0.1) is 0 Å². The molecule has 5 nitrogen and oxygen atoms in total. The molecule has 0 radical (unpaired) electrons. The number of fused-ring (bicyclic) bond motifs is 1. The quantitative estimate of drug-likeness (QED) is 0.233. The number of aromatic nitrogens is 1. The molecule has 1 atom stereocenters. The summed E-state index contributed by atoms with van der Waals surface area (Å²) < 4.78 is 0.